The third-order valence-corrected chi connectivity index (χ3v) is 3.08. The molecule has 1 aliphatic heterocycles. The average molecular weight is 290 g/mol. The van der Waals surface area contributed by atoms with E-state index in [4.69, 9.17) is 4.74 Å². The van der Waals surface area contributed by atoms with E-state index in [-0.39, 0.29) is 18.3 Å². The fourth-order valence-corrected chi connectivity index (χ4v) is 2.01. The largest absolute Gasteiger partial charge is 0.493 e. The molecule has 1 atom stereocenters. The number of alkyl halides is 3. The molecule has 1 N–H and O–H groups in total. The minimum atomic E-state index is -4.64. The summed E-state index contributed by atoms with van der Waals surface area (Å²) in [5, 5.41) is 13.8. The molecule has 2 rings (SSSR count). The Morgan fingerprint density at radius 1 is 1.40 bits per heavy atom. The Kier molecular flexibility index (Phi) is 4.12. The van der Waals surface area contributed by atoms with Gasteiger partial charge in [0.15, 0.2) is 0 Å². The number of nitrogens with one attached hydrogen (secondary N) is 1. The lowest BCUT2D eigenvalue weighted by Gasteiger charge is -2.13. The van der Waals surface area contributed by atoms with Gasteiger partial charge in [-0.2, -0.15) is 13.2 Å². The SMILES string of the molecule is O=[N+]([O-])c1cc(OCC2CCNC2)cc(C(F)(F)F)c1. The van der Waals surface area contributed by atoms with Crippen LogP contribution in [0.2, 0.25) is 0 Å². The number of halogens is 3. The van der Waals surface area contributed by atoms with Crippen LogP contribution in [0.25, 0.3) is 0 Å². The van der Waals surface area contributed by atoms with Crippen LogP contribution in [-0.4, -0.2) is 24.6 Å². The normalized spacial score (nSPS) is 19.1. The van der Waals surface area contributed by atoms with E-state index < -0.39 is 22.4 Å². The second-order valence-electron chi connectivity index (χ2n) is 4.64. The van der Waals surface area contributed by atoms with Crippen LogP contribution < -0.4 is 10.1 Å². The number of hydrogen-bond acceptors (Lipinski definition) is 4. The maximum atomic E-state index is 12.7. The lowest BCUT2D eigenvalue weighted by molar-refractivity contribution is -0.385. The highest BCUT2D eigenvalue weighted by Crippen LogP contribution is 2.34. The van der Waals surface area contributed by atoms with Gasteiger partial charge in [-0.15, -0.1) is 0 Å². The zero-order valence-corrected chi connectivity index (χ0v) is 10.4. The van der Waals surface area contributed by atoms with Crippen molar-refractivity contribution in [1.29, 1.82) is 0 Å². The molecule has 0 radical (unpaired) electrons. The van der Waals surface area contributed by atoms with E-state index in [1.54, 1.807) is 0 Å². The second-order valence-corrected chi connectivity index (χ2v) is 4.64. The van der Waals surface area contributed by atoms with Crippen LogP contribution in [-0.2, 0) is 6.18 Å². The van der Waals surface area contributed by atoms with Crippen molar-refractivity contribution in [2.75, 3.05) is 19.7 Å². The van der Waals surface area contributed by atoms with Crippen LogP contribution in [0.4, 0.5) is 18.9 Å². The van der Waals surface area contributed by atoms with Gasteiger partial charge in [-0.1, -0.05) is 0 Å². The molecule has 1 saturated heterocycles. The van der Waals surface area contributed by atoms with Crippen molar-refractivity contribution in [1.82, 2.24) is 5.32 Å². The number of hydrogen-bond donors (Lipinski definition) is 1. The zero-order valence-electron chi connectivity index (χ0n) is 10.4. The Balaban J connectivity index is 2.17. The third kappa shape index (κ3) is 3.60. The highest BCUT2D eigenvalue weighted by molar-refractivity contribution is 5.43. The van der Waals surface area contributed by atoms with E-state index in [9.17, 15) is 23.3 Å². The standard InChI is InChI=1S/C12H13F3N2O3/c13-12(14,15)9-3-10(17(18)19)5-11(4-9)20-7-8-1-2-16-6-8/h3-5,8,16H,1-2,6-7H2. The maximum absolute atomic E-state index is 12.7. The molecule has 110 valence electrons. The summed E-state index contributed by atoms with van der Waals surface area (Å²) >= 11 is 0. The van der Waals surface area contributed by atoms with Crippen molar-refractivity contribution >= 4 is 5.69 Å². The van der Waals surface area contributed by atoms with E-state index in [1.807, 2.05) is 0 Å². The Labute approximate surface area is 112 Å². The van der Waals surface area contributed by atoms with Crippen molar-refractivity contribution in [3.8, 4) is 5.75 Å². The molecule has 1 unspecified atom stereocenters. The molecule has 1 aromatic rings. The van der Waals surface area contributed by atoms with Crippen LogP contribution in [0.15, 0.2) is 18.2 Å². The quantitative estimate of drug-likeness (QED) is 0.684. The van der Waals surface area contributed by atoms with Crippen LogP contribution >= 0.6 is 0 Å². The zero-order chi connectivity index (χ0) is 14.8. The van der Waals surface area contributed by atoms with E-state index in [0.29, 0.717) is 6.07 Å². The Morgan fingerprint density at radius 3 is 2.70 bits per heavy atom. The molecule has 1 heterocycles. The molecule has 8 heteroatoms. The number of benzene rings is 1. The average Bonchev–Trinajstić information content (AvgIpc) is 2.88. The molecule has 5 nitrogen and oxygen atoms in total. The predicted octanol–water partition coefficient (Wildman–Crippen LogP) is 2.60. The van der Waals surface area contributed by atoms with Gasteiger partial charge in [-0.25, -0.2) is 0 Å². The first-order valence-electron chi connectivity index (χ1n) is 6.06. The number of ether oxygens (including phenoxy) is 1. The lowest BCUT2D eigenvalue weighted by Crippen LogP contribution is -2.16. The molecule has 0 spiro atoms. The Morgan fingerprint density at radius 2 is 2.15 bits per heavy atom. The summed E-state index contributed by atoms with van der Waals surface area (Å²) in [6.07, 6.45) is -3.76. The second kappa shape index (κ2) is 5.66. The van der Waals surface area contributed by atoms with E-state index in [0.717, 1.165) is 31.6 Å². The Hall–Kier alpha value is -1.83. The fourth-order valence-electron chi connectivity index (χ4n) is 2.01. The fraction of sp³-hybridized carbons (Fsp3) is 0.500. The van der Waals surface area contributed by atoms with Crippen LogP contribution in [0, 0.1) is 16.0 Å². The summed E-state index contributed by atoms with van der Waals surface area (Å²) < 4.78 is 43.3. The van der Waals surface area contributed by atoms with Gasteiger partial charge in [0, 0.05) is 18.5 Å². The third-order valence-electron chi connectivity index (χ3n) is 3.08. The van der Waals surface area contributed by atoms with E-state index >= 15 is 0 Å². The van der Waals surface area contributed by atoms with Gasteiger partial charge in [0.1, 0.15) is 5.75 Å². The minimum absolute atomic E-state index is 0.126. The molecule has 0 bridgehead atoms. The molecule has 1 aliphatic rings. The van der Waals surface area contributed by atoms with Gasteiger partial charge in [0.2, 0.25) is 0 Å². The molecule has 1 aromatic carbocycles. The maximum Gasteiger partial charge on any atom is 0.416 e. The number of nitrogens with zero attached hydrogens (tertiary/aromatic N) is 1. The molecule has 0 aliphatic carbocycles. The van der Waals surface area contributed by atoms with Crippen LogP contribution in [0.5, 0.6) is 5.75 Å². The smallest absolute Gasteiger partial charge is 0.416 e. The Bertz CT molecular complexity index is 499. The number of non-ortho nitro benzene ring substituents is 1. The molecule has 0 aromatic heterocycles. The first-order chi connectivity index (χ1) is 9.36. The van der Waals surface area contributed by atoms with Crippen molar-refractivity contribution in [3.63, 3.8) is 0 Å². The predicted molar refractivity (Wildman–Crippen MR) is 64.6 cm³/mol. The molecule has 0 saturated carbocycles. The number of nitro groups is 1. The van der Waals surface area contributed by atoms with Crippen LogP contribution in [0.3, 0.4) is 0 Å². The monoisotopic (exact) mass is 290 g/mol. The molecule has 0 amide bonds. The summed E-state index contributed by atoms with van der Waals surface area (Å²) in [6.45, 7) is 1.82. The van der Waals surface area contributed by atoms with Gasteiger partial charge in [0.05, 0.1) is 23.2 Å². The van der Waals surface area contributed by atoms with E-state index in [2.05, 4.69) is 5.32 Å². The number of nitro benzene ring substituents is 1. The lowest BCUT2D eigenvalue weighted by atomic mass is 10.1. The van der Waals surface area contributed by atoms with Gasteiger partial charge in [-0.05, 0) is 19.0 Å². The molecular formula is C12H13F3N2O3. The van der Waals surface area contributed by atoms with Gasteiger partial charge >= 0.3 is 6.18 Å². The van der Waals surface area contributed by atoms with Gasteiger partial charge < -0.3 is 10.1 Å². The highest BCUT2D eigenvalue weighted by atomic mass is 19.4. The summed E-state index contributed by atoms with van der Waals surface area (Å²) in [5.74, 6) is 0.0852. The van der Waals surface area contributed by atoms with E-state index in [1.165, 1.54) is 0 Å². The number of rotatable bonds is 4. The summed E-state index contributed by atoms with van der Waals surface area (Å²) in [5.41, 5.74) is -1.70. The van der Waals surface area contributed by atoms with Gasteiger partial charge in [-0.3, -0.25) is 10.1 Å². The molecule has 20 heavy (non-hydrogen) atoms. The van der Waals surface area contributed by atoms with Crippen LogP contribution in [0.1, 0.15) is 12.0 Å². The van der Waals surface area contributed by atoms with Crippen molar-refractivity contribution in [2.24, 2.45) is 5.92 Å². The van der Waals surface area contributed by atoms with Crippen molar-refractivity contribution < 1.29 is 22.8 Å². The first kappa shape index (κ1) is 14.6. The van der Waals surface area contributed by atoms with Crippen molar-refractivity contribution in [2.45, 2.75) is 12.6 Å². The summed E-state index contributed by atoms with van der Waals surface area (Å²) in [4.78, 5) is 9.80. The summed E-state index contributed by atoms with van der Waals surface area (Å²) in [7, 11) is 0. The summed E-state index contributed by atoms with van der Waals surface area (Å²) in [6, 6.07) is 2.30. The first-order valence-corrected chi connectivity index (χ1v) is 6.06. The molecule has 1 fully saturated rings. The highest BCUT2D eigenvalue weighted by Gasteiger charge is 2.33. The molecular weight excluding hydrogens is 277 g/mol. The van der Waals surface area contributed by atoms with Crippen molar-refractivity contribution in [3.05, 3.63) is 33.9 Å². The van der Waals surface area contributed by atoms with Gasteiger partial charge in [0.25, 0.3) is 5.69 Å². The topological polar surface area (TPSA) is 64.4 Å². The minimum Gasteiger partial charge on any atom is -0.493 e.